The summed E-state index contributed by atoms with van der Waals surface area (Å²) in [7, 11) is -3.72. The second-order valence-corrected chi connectivity index (χ2v) is 9.60. The van der Waals surface area contributed by atoms with E-state index in [1.54, 1.807) is 25.1 Å². The molecule has 0 saturated carbocycles. The number of amidine groups is 1. The Hall–Kier alpha value is -3.41. The van der Waals surface area contributed by atoms with Gasteiger partial charge in [0, 0.05) is 37.3 Å². The third-order valence-electron chi connectivity index (χ3n) is 5.68. The first-order valence-electron chi connectivity index (χ1n) is 10.4. The van der Waals surface area contributed by atoms with Gasteiger partial charge in [-0.1, -0.05) is 12.1 Å². The minimum absolute atomic E-state index is 0.101. The lowest BCUT2D eigenvalue weighted by Crippen LogP contribution is -2.52. The lowest BCUT2D eigenvalue weighted by Gasteiger charge is -2.35. The smallest absolute Gasteiger partial charge is 0.337 e. The number of aliphatic imine (C=N–C) groups is 1. The van der Waals surface area contributed by atoms with Gasteiger partial charge in [-0.05, 0) is 43.3 Å². The molecule has 1 saturated heterocycles. The minimum atomic E-state index is -4.48. The number of amides is 2. The van der Waals surface area contributed by atoms with Crippen molar-refractivity contribution in [2.24, 2.45) is 4.99 Å². The molecule has 0 radical (unpaired) electrons. The predicted molar refractivity (Wildman–Crippen MR) is 117 cm³/mol. The van der Waals surface area contributed by atoms with Gasteiger partial charge in [-0.15, -0.1) is 0 Å². The minimum Gasteiger partial charge on any atom is -0.337 e. The van der Waals surface area contributed by atoms with Crippen molar-refractivity contribution in [2.45, 2.75) is 24.0 Å². The highest BCUT2D eigenvalue weighted by Gasteiger charge is 2.33. The number of benzene rings is 2. The summed E-state index contributed by atoms with van der Waals surface area (Å²) in [5.41, 5.74) is -0.295. The van der Waals surface area contributed by atoms with Crippen LogP contribution in [0, 0.1) is 0 Å². The molecule has 2 aromatic rings. The van der Waals surface area contributed by atoms with Crippen LogP contribution in [0.1, 0.15) is 28.4 Å². The molecule has 2 aliphatic heterocycles. The molecule has 0 unspecified atom stereocenters. The monoisotopic (exact) mass is 494 g/mol. The van der Waals surface area contributed by atoms with Crippen molar-refractivity contribution >= 4 is 27.7 Å². The lowest BCUT2D eigenvalue weighted by molar-refractivity contribution is -0.137. The maximum absolute atomic E-state index is 12.9. The number of hydrogen-bond donors (Lipinski definition) is 1. The lowest BCUT2D eigenvalue weighted by atomic mass is 10.1. The van der Waals surface area contributed by atoms with Crippen LogP contribution in [0.2, 0.25) is 0 Å². The van der Waals surface area contributed by atoms with Gasteiger partial charge in [-0.3, -0.25) is 19.3 Å². The van der Waals surface area contributed by atoms with E-state index in [1.807, 2.05) is 0 Å². The average molecular weight is 494 g/mol. The summed E-state index contributed by atoms with van der Waals surface area (Å²) in [5.74, 6) is -0.628. The average Bonchev–Trinajstić information content (AvgIpc) is 3.07. The van der Waals surface area contributed by atoms with Crippen molar-refractivity contribution in [1.82, 2.24) is 14.5 Å². The van der Waals surface area contributed by atoms with Crippen LogP contribution in [0.3, 0.4) is 0 Å². The van der Waals surface area contributed by atoms with Crippen LogP contribution in [0.5, 0.6) is 0 Å². The number of piperazine rings is 1. The first kappa shape index (κ1) is 23.7. The summed E-state index contributed by atoms with van der Waals surface area (Å²) in [6, 6.07) is 9.49. The Balaban J connectivity index is 1.38. The fourth-order valence-corrected chi connectivity index (χ4v) is 5.10. The number of hydrogen-bond acceptors (Lipinski definition) is 5. The van der Waals surface area contributed by atoms with Crippen molar-refractivity contribution in [3.05, 3.63) is 65.2 Å². The summed E-state index contributed by atoms with van der Waals surface area (Å²) in [5, 5.41) is 0. The maximum atomic E-state index is 12.9. The van der Waals surface area contributed by atoms with Gasteiger partial charge in [0.1, 0.15) is 11.9 Å². The molecule has 0 bridgehead atoms. The highest BCUT2D eigenvalue weighted by molar-refractivity contribution is 7.90. The normalized spacial score (nSPS) is 19.5. The summed E-state index contributed by atoms with van der Waals surface area (Å²) in [6.45, 7) is 2.43. The Bertz CT molecular complexity index is 1250. The first-order chi connectivity index (χ1) is 16.0. The van der Waals surface area contributed by atoms with Crippen molar-refractivity contribution in [3.63, 3.8) is 0 Å². The van der Waals surface area contributed by atoms with Gasteiger partial charge in [0.2, 0.25) is 5.91 Å². The van der Waals surface area contributed by atoms with Gasteiger partial charge >= 0.3 is 6.18 Å². The zero-order chi connectivity index (χ0) is 24.7. The highest BCUT2D eigenvalue weighted by atomic mass is 32.2. The van der Waals surface area contributed by atoms with Gasteiger partial charge in [0.05, 0.1) is 10.5 Å². The Kier molecular flexibility index (Phi) is 6.11. The van der Waals surface area contributed by atoms with Crippen LogP contribution < -0.4 is 4.72 Å². The van der Waals surface area contributed by atoms with Crippen LogP contribution in [0.15, 0.2) is 58.4 Å². The van der Waals surface area contributed by atoms with E-state index in [2.05, 4.69) is 9.71 Å². The summed E-state index contributed by atoms with van der Waals surface area (Å²) >= 11 is 0. The van der Waals surface area contributed by atoms with Crippen LogP contribution in [-0.2, 0) is 21.0 Å². The molecule has 2 aliphatic rings. The number of rotatable bonds is 3. The topological polar surface area (TPSA) is 99.1 Å². The van der Waals surface area contributed by atoms with Crippen LogP contribution in [-0.4, -0.2) is 68.1 Å². The molecule has 180 valence electrons. The standard InChI is InChI=1S/C22H21F3N4O4S/c1-14(26-19-17-4-2-3-5-18(17)34(32,33)27-19)20(30)28-10-12-29(13-11-28)21(31)15-6-8-16(9-7-15)22(23,24)25/h2-9,14H,10-13H2,1H3,(H,26,27)/t14-/m0/s1. The SMILES string of the molecule is C[C@H](N=C1NS(=O)(=O)c2ccccc21)C(=O)N1CCN(C(=O)c2ccc(C(F)(F)F)cc2)CC1. The van der Waals surface area contributed by atoms with E-state index in [0.29, 0.717) is 5.56 Å². The quantitative estimate of drug-likeness (QED) is 0.707. The van der Waals surface area contributed by atoms with Gasteiger partial charge in [0.25, 0.3) is 15.9 Å². The van der Waals surface area contributed by atoms with Crippen LogP contribution >= 0.6 is 0 Å². The van der Waals surface area contributed by atoms with Crippen molar-refractivity contribution in [3.8, 4) is 0 Å². The van der Waals surface area contributed by atoms with Gasteiger partial charge < -0.3 is 9.80 Å². The summed E-state index contributed by atoms with van der Waals surface area (Å²) < 4.78 is 65.0. The second-order valence-electron chi connectivity index (χ2n) is 7.95. The molecule has 2 heterocycles. The van der Waals surface area contributed by atoms with E-state index >= 15 is 0 Å². The Morgan fingerprint density at radius 3 is 2.18 bits per heavy atom. The molecular weight excluding hydrogens is 473 g/mol. The van der Waals surface area contributed by atoms with E-state index in [4.69, 9.17) is 0 Å². The molecule has 2 aromatic carbocycles. The molecule has 12 heteroatoms. The van der Waals surface area contributed by atoms with E-state index in [1.165, 1.54) is 15.9 Å². The number of sulfonamides is 1. The number of alkyl halides is 3. The first-order valence-corrected chi connectivity index (χ1v) is 11.9. The Morgan fingerprint density at radius 2 is 1.56 bits per heavy atom. The van der Waals surface area contributed by atoms with Gasteiger partial charge in [-0.2, -0.15) is 13.2 Å². The molecule has 0 spiro atoms. The van der Waals surface area contributed by atoms with Crippen LogP contribution in [0.25, 0.3) is 0 Å². The third kappa shape index (κ3) is 4.63. The molecule has 2 amide bonds. The molecule has 34 heavy (non-hydrogen) atoms. The van der Waals surface area contributed by atoms with Crippen molar-refractivity contribution in [2.75, 3.05) is 26.2 Å². The highest BCUT2D eigenvalue weighted by Crippen LogP contribution is 2.29. The number of nitrogens with one attached hydrogen (secondary N) is 1. The summed E-state index contributed by atoms with van der Waals surface area (Å²) in [6.07, 6.45) is -4.48. The number of carbonyl (C=O) groups is 2. The largest absolute Gasteiger partial charge is 0.416 e. The maximum Gasteiger partial charge on any atom is 0.416 e. The number of nitrogens with zero attached hydrogens (tertiary/aromatic N) is 3. The van der Waals surface area contributed by atoms with Crippen LogP contribution in [0.4, 0.5) is 13.2 Å². The predicted octanol–water partition coefficient (Wildman–Crippen LogP) is 2.12. The molecule has 1 fully saturated rings. The zero-order valence-corrected chi connectivity index (χ0v) is 18.9. The van der Waals surface area contributed by atoms with E-state index in [9.17, 15) is 31.2 Å². The third-order valence-corrected chi connectivity index (χ3v) is 7.08. The van der Waals surface area contributed by atoms with E-state index in [0.717, 1.165) is 24.3 Å². The van der Waals surface area contributed by atoms with Crippen molar-refractivity contribution < 1.29 is 31.2 Å². The number of carbonyl (C=O) groups excluding carboxylic acids is 2. The van der Waals surface area contributed by atoms with Crippen molar-refractivity contribution in [1.29, 1.82) is 0 Å². The summed E-state index contributed by atoms with van der Waals surface area (Å²) in [4.78, 5) is 32.9. The fourth-order valence-electron chi connectivity index (χ4n) is 3.86. The number of fused-ring (bicyclic) bond motifs is 1. The molecule has 8 nitrogen and oxygen atoms in total. The molecule has 4 rings (SSSR count). The fraction of sp³-hybridized carbons (Fsp3) is 0.318. The van der Waals surface area contributed by atoms with E-state index < -0.39 is 33.7 Å². The number of halogens is 3. The van der Waals surface area contributed by atoms with E-state index in [-0.39, 0.29) is 48.4 Å². The van der Waals surface area contributed by atoms with Gasteiger partial charge in [-0.25, -0.2) is 8.42 Å². The van der Waals surface area contributed by atoms with Gasteiger partial charge in [0.15, 0.2) is 0 Å². The Labute approximate surface area is 194 Å². The second kappa shape index (κ2) is 8.75. The molecule has 1 atom stereocenters. The molecule has 0 aromatic heterocycles. The molecule has 1 N–H and O–H groups in total. The molecule has 0 aliphatic carbocycles. The Morgan fingerprint density at radius 1 is 0.971 bits per heavy atom. The zero-order valence-electron chi connectivity index (χ0n) is 18.0. The molecular formula is C22H21F3N4O4S.